The summed E-state index contributed by atoms with van der Waals surface area (Å²) in [7, 11) is 0.0244. The van der Waals surface area contributed by atoms with Crippen LogP contribution in [0.15, 0.2) is 18.2 Å². The molecular weight excluding hydrogens is 376 g/mol. The number of carbonyl (C=O) groups is 1. The second-order valence-corrected chi connectivity index (χ2v) is 9.19. The van der Waals surface area contributed by atoms with Gasteiger partial charge in [-0.1, -0.05) is 18.5 Å². The minimum Gasteiger partial charge on any atom is -0.496 e. The molecule has 0 bridgehead atoms. The Kier molecular flexibility index (Phi) is 7.32. The van der Waals surface area contributed by atoms with Crippen molar-refractivity contribution in [2.45, 2.75) is 32.7 Å². The number of methoxy groups -OCH3 is 1. The summed E-state index contributed by atoms with van der Waals surface area (Å²) in [6.07, 6.45) is 1.98. The Morgan fingerprint density at radius 3 is 2.81 bits per heavy atom. The van der Waals surface area contributed by atoms with Gasteiger partial charge in [-0.3, -0.25) is 4.79 Å². The van der Waals surface area contributed by atoms with Gasteiger partial charge >= 0.3 is 0 Å². The molecular formula is C18H27ClN2O4S. The Morgan fingerprint density at radius 1 is 1.42 bits per heavy atom. The lowest BCUT2D eigenvalue weighted by Gasteiger charge is -2.33. The lowest BCUT2D eigenvalue weighted by atomic mass is 9.98. The number of hydrogen-bond donors (Lipinski definition) is 0. The predicted molar refractivity (Wildman–Crippen MR) is 103 cm³/mol. The molecule has 1 aromatic rings. The highest BCUT2D eigenvalue weighted by Gasteiger charge is 2.33. The highest BCUT2D eigenvalue weighted by Crippen LogP contribution is 2.26. The fraction of sp³-hybridized carbons (Fsp3) is 0.611. The number of rotatable bonds is 7. The van der Waals surface area contributed by atoms with Crippen LogP contribution >= 0.6 is 11.6 Å². The van der Waals surface area contributed by atoms with E-state index in [0.29, 0.717) is 43.1 Å². The lowest BCUT2D eigenvalue weighted by Crippen LogP contribution is -2.46. The number of ether oxygens (including phenoxy) is 1. The van der Waals surface area contributed by atoms with Gasteiger partial charge < -0.3 is 9.64 Å². The van der Waals surface area contributed by atoms with Crippen LogP contribution in [0.1, 0.15) is 31.7 Å². The highest BCUT2D eigenvalue weighted by molar-refractivity contribution is 7.89. The molecule has 1 aliphatic rings. The molecule has 1 aliphatic heterocycles. The van der Waals surface area contributed by atoms with Crippen LogP contribution in [0, 0.1) is 5.92 Å². The van der Waals surface area contributed by atoms with Crippen molar-refractivity contribution in [1.82, 2.24) is 9.21 Å². The fourth-order valence-electron chi connectivity index (χ4n) is 3.30. The van der Waals surface area contributed by atoms with Crippen molar-refractivity contribution >= 4 is 27.5 Å². The molecule has 1 heterocycles. The average Bonchev–Trinajstić information content (AvgIpc) is 2.61. The summed E-state index contributed by atoms with van der Waals surface area (Å²) in [5, 5.41) is 0.580. The minimum absolute atomic E-state index is 0.0524. The Balaban J connectivity index is 2.07. The number of halogens is 1. The Hall–Kier alpha value is -1.31. The van der Waals surface area contributed by atoms with E-state index < -0.39 is 10.0 Å². The number of sulfonamides is 1. The van der Waals surface area contributed by atoms with Crippen LogP contribution in [0.3, 0.4) is 0 Å². The summed E-state index contributed by atoms with van der Waals surface area (Å²) in [4.78, 5) is 14.5. The number of benzene rings is 1. The van der Waals surface area contributed by atoms with Gasteiger partial charge in [0, 0.05) is 37.3 Å². The summed E-state index contributed by atoms with van der Waals surface area (Å²) in [5.41, 5.74) is 0.821. The maximum atomic E-state index is 12.8. The molecule has 0 saturated carbocycles. The van der Waals surface area contributed by atoms with Crippen molar-refractivity contribution in [2.24, 2.45) is 5.92 Å². The molecule has 0 radical (unpaired) electrons. The first-order valence-corrected chi connectivity index (χ1v) is 10.8. The van der Waals surface area contributed by atoms with E-state index in [1.165, 1.54) is 4.31 Å². The average molecular weight is 403 g/mol. The van der Waals surface area contributed by atoms with Crippen LogP contribution < -0.4 is 4.74 Å². The van der Waals surface area contributed by atoms with Gasteiger partial charge in [0.05, 0.1) is 18.8 Å². The van der Waals surface area contributed by atoms with Crippen LogP contribution in [0.25, 0.3) is 0 Å². The first-order valence-electron chi connectivity index (χ1n) is 8.83. The monoisotopic (exact) mass is 402 g/mol. The standard InChI is InChI=1S/C18H27ClN2O4S/c1-4-10-26(23,24)21-9-5-6-14(13-21)18(22)20(2)12-15-11-16(19)7-8-17(15)25-3/h7-8,11,14H,4-6,9-10,12-13H2,1-3H3. The van der Waals surface area contributed by atoms with E-state index in [1.54, 1.807) is 37.3 Å². The topological polar surface area (TPSA) is 66.9 Å². The summed E-state index contributed by atoms with van der Waals surface area (Å²) in [6, 6.07) is 5.29. The van der Waals surface area contributed by atoms with Gasteiger partial charge in [0.2, 0.25) is 15.9 Å². The molecule has 6 nitrogen and oxygen atoms in total. The van der Waals surface area contributed by atoms with Crippen molar-refractivity contribution in [3.05, 3.63) is 28.8 Å². The zero-order valence-corrected chi connectivity index (χ0v) is 17.1. The van der Waals surface area contributed by atoms with Crippen LogP contribution in [0.5, 0.6) is 5.75 Å². The van der Waals surface area contributed by atoms with E-state index in [-0.39, 0.29) is 24.1 Å². The number of nitrogens with zero attached hydrogens (tertiary/aromatic N) is 2. The zero-order chi connectivity index (χ0) is 19.3. The number of hydrogen-bond acceptors (Lipinski definition) is 4. The zero-order valence-electron chi connectivity index (χ0n) is 15.6. The molecule has 1 amide bonds. The minimum atomic E-state index is -3.28. The quantitative estimate of drug-likeness (QED) is 0.703. The van der Waals surface area contributed by atoms with Gasteiger partial charge in [-0.25, -0.2) is 12.7 Å². The van der Waals surface area contributed by atoms with Crippen LogP contribution in [0.2, 0.25) is 5.02 Å². The Labute approximate surface area is 161 Å². The molecule has 2 rings (SSSR count). The molecule has 146 valence electrons. The molecule has 0 N–H and O–H groups in total. The molecule has 1 aromatic carbocycles. The largest absolute Gasteiger partial charge is 0.496 e. The molecule has 0 aromatic heterocycles. The molecule has 1 fully saturated rings. The molecule has 0 aliphatic carbocycles. The number of carbonyl (C=O) groups excluding carboxylic acids is 1. The molecule has 1 atom stereocenters. The molecule has 26 heavy (non-hydrogen) atoms. The normalized spacial score (nSPS) is 18.5. The Morgan fingerprint density at radius 2 is 2.15 bits per heavy atom. The SMILES string of the molecule is CCCS(=O)(=O)N1CCCC(C(=O)N(C)Cc2cc(Cl)ccc2OC)C1. The smallest absolute Gasteiger partial charge is 0.227 e. The van der Waals surface area contributed by atoms with Crippen molar-refractivity contribution in [3.8, 4) is 5.75 Å². The molecule has 1 unspecified atom stereocenters. The second kappa shape index (κ2) is 9.06. The van der Waals surface area contributed by atoms with Crippen LogP contribution in [0.4, 0.5) is 0 Å². The lowest BCUT2D eigenvalue weighted by molar-refractivity contribution is -0.135. The third-order valence-electron chi connectivity index (χ3n) is 4.62. The van der Waals surface area contributed by atoms with Gasteiger partial charge in [0.15, 0.2) is 0 Å². The first-order chi connectivity index (χ1) is 12.3. The number of piperidine rings is 1. The third-order valence-corrected chi connectivity index (χ3v) is 6.89. The third kappa shape index (κ3) is 5.11. The molecule has 1 saturated heterocycles. The van der Waals surface area contributed by atoms with E-state index in [2.05, 4.69) is 0 Å². The summed E-state index contributed by atoms with van der Waals surface area (Å²) < 4.78 is 31.4. The van der Waals surface area contributed by atoms with Gasteiger partial charge in [0.1, 0.15) is 5.75 Å². The summed E-state index contributed by atoms with van der Waals surface area (Å²) in [5.74, 6) is 0.433. The van der Waals surface area contributed by atoms with Crippen LogP contribution in [-0.2, 0) is 21.4 Å². The van der Waals surface area contributed by atoms with E-state index >= 15 is 0 Å². The van der Waals surface area contributed by atoms with Gasteiger partial charge in [-0.2, -0.15) is 0 Å². The van der Waals surface area contributed by atoms with Gasteiger partial charge in [-0.15, -0.1) is 0 Å². The highest BCUT2D eigenvalue weighted by atomic mass is 35.5. The van der Waals surface area contributed by atoms with Crippen LogP contribution in [-0.4, -0.2) is 56.5 Å². The van der Waals surface area contributed by atoms with E-state index in [9.17, 15) is 13.2 Å². The molecule has 0 spiro atoms. The summed E-state index contributed by atoms with van der Waals surface area (Å²) >= 11 is 6.05. The second-order valence-electron chi connectivity index (χ2n) is 6.66. The van der Waals surface area contributed by atoms with Crippen molar-refractivity contribution in [1.29, 1.82) is 0 Å². The predicted octanol–water partition coefficient (Wildman–Crippen LogP) is 2.76. The fourth-order valence-corrected chi connectivity index (χ4v) is 5.08. The number of amides is 1. The molecule has 8 heteroatoms. The van der Waals surface area contributed by atoms with Crippen molar-refractivity contribution in [3.63, 3.8) is 0 Å². The maximum absolute atomic E-state index is 12.8. The van der Waals surface area contributed by atoms with Gasteiger partial charge in [0.25, 0.3) is 0 Å². The van der Waals surface area contributed by atoms with E-state index in [0.717, 1.165) is 5.56 Å². The maximum Gasteiger partial charge on any atom is 0.227 e. The van der Waals surface area contributed by atoms with E-state index in [1.807, 2.05) is 6.92 Å². The van der Waals surface area contributed by atoms with Gasteiger partial charge in [-0.05, 0) is 37.5 Å². The Bertz CT molecular complexity index is 739. The van der Waals surface area contributed by atoms with E-state index in [4.69, 9.17) is 16.3 Å². The summed E-state index contributed by atoms with van der Waals surface area (Å²) in [6.45, 7) is 2.97. The van der Waals surface area contributed by atoms with Crippen molar-refractivity contribution < 1.29 is 17.9 Å². The van der Waals surface area contributed by atoms with Crippen molar-refractivity contribution in [2.75, 3.05) is 33.0 Å². The first kappa shape index (κ1) is 21.0.